The second-order valence-electron chi connectivity index (χ2n) is 10.7. The topological polar surface area (TPSA) is 129 Å². The van der Waals surface area contributed by atoms with Crippen LogP contribution in [0.5, 0.6) is 0 Å². The zero-order valence-electron chi connectivity index (χ0n) is 25.6. The smallest absolute Gasteiger partial charge is 0.356 e. The Morgan fingerprint density at radius 2 is 1.60 bits per heavy atom. The van der Waals surface area contributed by atoms with E-state index in [1.54, 1.807) is 18.8 Å². The van der Waals surface area contributed by atoms with E-state index in [0.717, 1.165) is 22.3 Å². The average Bonchev–Trinajstić information content (AvgIpc) is 3.53. The number of amides is 2. The fourth-order valence-electron chi connectivity index (χ4n) is 5.34. The number of aromatic nitrogens is 4. The van der Waals surface area contributed by atoms with Crippen LogP contribution in [-0.4, -0.2) is 78.9 Å². The molecule has 3 unspecified atom stereocenters. The number of nitrogens with one attached hydrogen (secondary N) is 1. The Morgan fingerprint density at radius 3 is 2.17 bits per heavy atom. The van der Waals surface area contributed by atoms with E-state index in [1.807, 2.05) is 91.0 Å². The molecule has 3 aromatic carbocycles. The van der Waals surface area contributed by atoms with Crippen LogP contribution in [0.4, 0.5) is 0 Å². The number of methoxy groups -OCH3 is 1. The number of fused-ring (bicyclic) bond motifs is 1. The third-order valence-electron chi connectivity index (χ3n) is 7.62. The molecule has 2 aliphatic heterocycles. The summed E-state index contributed by atoms with van der Waals surface area (Å²) in [5.41, 5.74) is 3.32. The fraction of sp³-hybridized carbons (Fsp3) is 0.273. The van der Waals surface area contributed by atoms with Crippen molar-refractivity contribution in [2.24, 2.45) is 7.05 Å². The molecule has 3 atom stereocenters. The molecule has 14 heteroatoms. The first-order chi connectivity index (χ1) is 23.0. The number of carbonyl (C=O) groups is 3. The van der Waals surface area contributed by atoms with Gasteiger partial charge in [0.1, 0.15) is 22.4 Å². The minimum absolute atomic E-state index is 0.192. The predicted molar refractivity (Wildman–Crippen MR) is 181 cm³/mol. The van der Waals surface area contributed by atoms with Gasteiger partial charge < -0.3 is 14.8 Å². The molecule has 4 aromatic rings. The van der Waals surface area contributed by atoms with E-state index in [1.165, 1.54) is 40.2 Å². The molecule has 47 heavy (non-hydrogen) atoms. The maximum Gasteiger partial charge on any atom is 0.356 e. The lowest BCUT2D eigenvalue weighted by atomic mass is 10.0. The van der Waals surface area contributed by atoms with Gasteiger partial charge in [-0.2, -0.15) is 0 Å². The van der Waals surface area contributed by atoms with Crippen LogP contribution in [0.1, 0.15) is 28.0 Å². The van der Waals surface area contributed by atoms with Crippen LogP contribution in [0.15, 0.2) is 107 Å². The molecule has 2 amide bonds. The highest BCUT2D eigenvalue weighted by molar-refractivity contribution is 8.01. The van der Waals surface area contributed by atoms with Gasteiger partial charge >= 0.3 is 5.97 Å². The van der Waals surface area contributed by atoms with E-state index in [4.69, 9.17) is 9.47 Å². The quantitative estimate of drug-likeness (QED) is 0.0931. The third kappa shape index (κ3) is 7.25. The molecule has 1 fully saturated rings. The number of thioether (sulfide) groups is 3. The molecule has 1 aromatic heterocycles. The Kier molecular flexibility index (Phi) is 10.6. The van der Waals surface area contributed by atoms with Crippen molar-refractivity contribution in [3.05, 3.63) is 119 Å². The summed E-state index contributed by atoms with van der Waals surface area (Å²) in [6, 6.07) is 27.6. The lowest BCUT2D eigenvalue weighted by molar-refractivity contribution is -0.154. The molecule has 0 bridgehead atoms. The molecule has 0 spiro atoms. The van der Waals surface area contributed by atoms with E-state index in [-0.39, 0.29) is 17.5 Å². The van der Waals surface area contributed by atoms with Gasteiger partial charge in [-0.15, -0.1) is 28.6 Å². The number of aryl methyl sites for hydroxylation is 1. The van der Waals surface area contributed by atoms with Gasteiger partial charge in [-0.3, -0.25) is 14.5 Å². The number of tetrazole rings is 1. The summed E-state index contributed by atoms with van der Waals surface area (Å²) in [6.07, 6.45) is -0.696. The van der Waals surface area contributed by atoms with Crippen molar-refractivity contribution in [2.45, 2.75) is 27.9 Å². The Balaban J connectivity index is 1.27. The van der Waals surface area contributed by atoms with Gasteiger partial charge in [0, 0.05) is 25.7 Å². The van der Waals surface area contributed by atoms with Gasteiger partial charge in [0.15, 0.2) is 6.10 Å². The zero-order chi connectivity index (χ0) is 32.8. The lowest BCUT2D eigenvalue weighted by Gasteiger charge is -2.50. The molecule has 0 radical (unpaired) electrons. The largest absolute Gasteiger partial charge is 0.448 e. The normalized spacial score (nSPS) is 18.0. The zero-order valence-corrected chi connectivity index (χ0v) is 28.0. The van der Waals surface area contributed by atoms with Crippen LogP contribution in [0, 0.1) is 0 Å². The fourth-order valence-corrected chi connectivity index (χ4v) is 8.52. The maximum atomic E-state index is 14.2. The van der Waals surface area contributed by atoms with Crippen molar-refractivity contribution in [1.82, 2.24) is 30.4 Å². The maximum absolute atomic E-state index is 14.2. The van der Waals surface area contributed by atoms with E-state index in [9.17, 15) is 14.4 Å². The highest BCUT2D eigenvalue weighted by atomic mass is 32.2. The second-order valence-corrected chi connectivity index (χ2v) is 13.8. The third-order valence-corrected chi connectivity index (χ3v) is 11.2. The van der Waals surface area contributed by atoms with Crippen LogP contribution < -0.4 is 5.32 Å². The molecule has 0 aliphatic carbocycles. The van der Waals surface area contributed by atoms with Crippen molar-refractivity contribution < 1.29 is 23.9 Å². The van der Waals surface area contributed by atoms with Crippen molar-refractivity contribution in [2.75, 3.05) is 24.6 Å². The van der Waals surface area contributed by atoms with Crippen molar-refractivity contribution >= 4 is 53.1 Å². The summed E-state index contributed by atoms with van der Waals surface area (Å²) in [7, 11) is 3.31. The monoisotopic (exact) mass is 688 g/mol. The number of nitrogens with zero attached hydrogens (tertiary/aromatic N) is 5. The first-order valence-electron chi connectivity index (χ1n) is 14.7. The van der Waals surface area contributed by atoms with Gasteiger partial charge in [-0.25, -0.2) is 9.48 Å². The second kappa shape index (κ2) is 15.2. The van der Waals surface area contributed by atoms with E-state index < -0.39 is 28.7 Å². The summed E-state index contributed by atoms with van der Waals surface area (Å²) < 4.78 is 13.0. The predicted octanol–water partition coefficient (Wildman–Crippen LogP) is 4.37. The Labute approximate surface area is 284 Å². The van der Waals surface area contributed by atoms with Crippen molar-refractivity contribution in [3.63, 3.8) is 0 Å². The SMILES string of the molecule is COCSC(C(=O)NC1C(=O)N2C(C(=O)OC(c3ccccc3)c3ccccc3)=C(CSc3nnnn3C)CSC12)c1ccccc1. The standard InChI is InChI=1S/C33H32N6O5S3/c1-38-33(35-36-37-38)46-19-24-18-45-31-25(34-29(40)28(47-20-43-2)23-16-10-5-11-17-23)30(41)39(31)26(24)32(42)44-27(21-12-6-3-7-13-21)22-14-8-4-9-15-22/h3-17,25,27-28,31H,18-20H2,1-2H3,(H,34,40). The Hall–Kier alpha value is -4.11. The van der Waals surface area contributed by atoms with Crippen LogP contribution in [-0.2, 0) is 30.9 Å². The summed E-state index contributed by atoms with van der Waals surface area (Å²) in [4.78, 5) is 43.1. The molecular weight excluding hydrogens is 657 g/mol. The number of esters is 1. The number of hydrogen-bond acceptors (Lipinski definition) is 11. The first-order valence-corrected chi connectivity index (χ1v) is 17.8. The number of ether oxygens (including phenoxy) is 2. The average molecular weight is 689 g/mol. The number of β-lactam (4-membered cyclic amide) rings is 1. The molecule has 6 rings (SSSR count). The molecule has 1 saturated heterocycles. The van der Waals surface area contributed by atoms with Crippen LogP contribution >= 0.6 is 35.3 Å². The van der Waals surface area contributed by atoms with E-state index >= 15 is 0 Å². The molecule has 242 valence electrons. The first kappa shape index (κ1) is 32.8. The minimum atomic E-state index is -0.805. The number of hydrogen-bond donors (Lipinski definition) is 1. The van der Waals surface area contributed by atoms with Crippen molar-refractivity contribution in [1.29, 1.82) is 0 Å². The summed E-state index contributed by atoms with van der Waals surface area (Å²) in [5.74, 6) is -0.161. The van der Waals surface area contributed by atoms with Gasteiger partial charge in [0.05, 0.1) is 5.94 Å². The van der Waals surface area contributed by atoms with Crippen LogP contribution in [0.3, 0.4) is 0 Å². The number of benzene rings is 3. The van der Waals surface area contributed by atoms with Gasteiger partial charge in [0.2, 0.25) is 11.1 Å². The number of carbonyl (C=O) groups excluding carboxylic acids is 3. The van der Waals surface area contributed by atoms with Crippen molar-refractivity contribution in [3.8, 4) is 0 Å². The highest BCUT2D eigenvalue weighted by Crippen LogP contribution is 2.43. The number of rotatable bonds is 13. The molecule has 2 aliphatic rings. The molecule has 1 N–H and O–H groups in total. The van der Waals surface area contributed by atoms with Gasteiger partial charge in [-0.05, 0) is 32.7 Å². The minimum Gasteiger partial charge on any atom is -0.448 e. The Bertz CT molecular complexity index is 1700. The van der Waals surface area contributed by atoms with E-state index in [0.29, 0.717) is 22.6 Å². The van der Waals surface area contributed by atoms with E-state index in [2.05, 4.69) is 20.8 Å². The Morgan fingerprint density at radius 1 is 0.979 bits per heavy atom. The molecular formula is C33H32N6O5S3. The van der Waals surface area contributed by atoms with Crippen LogP contribution in [0.25, 0.3) is 0 Å². The van der Waals surface area contributed by atoms with Crippen LogP contribution in [0.2, 0.25) is 0 Å². The molecule has 11 nitrogen and oxygen atoms in total. The molecule has 3 heterocycles. The lowest BCUT2D eigenvalue weighted by Crippen LogP contribution is -2.71. The summed E-state index contributed by atoms with van der Waals surface area (Å²) in [6.45, 7) is 0. The summed E-state index contributed by atoms with van der Waals surface area (Å²) >= 11 is 4.20. The molecule has 0 saturated carbocycles. The van der Waals surface area contributed by atoms with Gasteiger partial charge in [-0.1, -0.05) is 103 Å². The highest BCUT2D eigenvalue weighted by Gasteiger charge is 2.55. The van der Waals surface area contributed by atoms with Gasteiger partial charge in [0.25, 0.3) is 5.91 Å². The summed E-state index contributed by atoms with van der Waals surface area (Å²) in [5, 5.41) is 14.1.